The van der Waals surface area contributed by atoms with E-state index in [4.69, 9.17) is 9.97 Å². The number of H-pyrrole nitrogens is 1. The van der Waals surface area contributed by atoms with Crippen molar-refractivity contribution in [3.05, 3.63) is 36.7 Å². The third kappa shape index (κ3) is 2.99. The molecule has 160 valence electrons. The van der Waals surface area contributed by atoms with Crippen molar-refractivity contribution in [1.29, 1.82) is 0 Å². The van der Waals surface area contributed by atoms with Gasteiger partial charge in [-0.2, -0.15) is 0 Å². The van der Waals surface area contributed by atoms with Crippen LogP contribution in [-0.4, -0.2) is 29.5 Å². The van der Waals surface area contributed by atoms with Crippen molar-refractivity contribution in [3.63, 3.8) is 0 Å². The molecule has 2 bridgehead atoms. The van der Waals surface area contributed by atoms with Crippen molar-refractivity contribution < 1.29 is 0 Å². The molecule has 1 N–H and O–H groups in total. The molecular weight excluding hydrogens is 384 g/mol. The lowest BCUT2D eigenvalue weighted by molar-refractivity contribution is 0.0341. The molecule has 0 radical (unpaired) electrons. The van der Waals surface area contributed by atoms with Gasteiger partial charge in [-0.1, -0.05) is 6.92 Å². The maximum Gasteiger partial charge on any atom is 0.164 e. The van der Waals surface area contributed by atoms with Crippen molar-refractivity contribution >= 4 is 22.1 Å². The standard InChI is InChI=1S/C25H30N6/c1-14(2)31-9-8-18-22(10-19-15(3)16-4-6-17(19)7-5-16)29-24(30-25(18)31)21-12-27-23-20(21)11-26-13-28-23/h8-9,11-17,19H,4-7,10H2,1-3H3,(H,26,27,28)/t15-,16?,17?,19+/m1/s1. The lowest BCUT2D eigenvalue weighted by atomic mass is 9.58. The Morgan fingerprint density at radius 1 is 1.10 bits per heavy atom. The van der Waals surface area contributed by atoms with Gasteiger partial charge in [-0.15, -0.1) is 0 Å². The molecule has 0 aromatic carbocycles. The van der Waals surface area contributed by atoms with Crippen LogP contribution in [0.2, 0.25) is 0 Å². The number of aromatic nitrogens is 6. The molecule has 2 atom stereocenters. The van der Waals surface area contributed by atoms with Gasteiger partial charge in [-0.25, -0.2) is 19.9 Å². The molecule has 6 nitrogen and oxygen atoms in total. The minimum absolute atomic E-state index is 0.351. The summed E-state index contributed by atoms with van der Waals surface area (Å²) in [5.74, 6) is 4.04. The topological polar surface area (TPSA) is 72.3 Å². The first-order valence-corrected chi connectivity index (χ1v) is 11.7. The lowest BCUT2D eigenvalue weighted by Crippen LogP contribution is -2.39. The first-order chi connectivity index (χ1) is 15.1. The fraction of sp³-hybridized carbons (Fsp3) is 0.520. The van der Waals surface area contributed by atoms with Crippen molar-refractivity contribution in [2.24, 2.45) is 23.7 Å². The lowest BCUT2D eigenvalue weighted by Gasteiger charge is -2.47. The smallest absolute Gasteiger partial charge is 0.164 e. The fourth-order valence-electron chi connectivity index (χ4n) is 6.29. The molecule has 3 aliphatic rings. The van der Waals surface area contributed by atoms with E-state index in [9.17, 15) is 0 Å². The van der Waals surface area contributed by atoms with Gasteiger partial charge in [0.1, 0.15) is 17.6 Å². The molecule has 3 fully saturated rings. The van der Waals surface area contributed by atoms with Gasteiger partial charge in [0.25, 0.3) is 0 Å². The Kier molecular flexibility index (Phi) is 4.37. The summed E-state index contributed by atoms with van der Waals surface area (Å²) in [6, 6.07) is 2.57. The summed E-state index contributed by atoms with van der Waals surface area (Å²) in [5, 5.41) is 2.18. The molecule has 4 aromatic heterocycles. The first kappa shape index (κ1) is 19.0. The van der Waals surface area contributed by atoms with Gasteiger partial charge in [-0.05, 0) is 75.7 Å². The van der Waals surface area contributed by atoms with Crippen molar-refractivity contribution in [3.8, 4) is 11.4 Å². The van der Waals surface area contributed by atoms with Gasteiger partial charge in [0.2, 0.25) is 0 Å². The maximum absolute atomic E-state index is 5.18. The fourth-order valence-corrected chi connectivity index (χ4v) is 6.29. The van der Waals surface area contributed by atoms with Gasteiger partial charge in [-0.3, -0.25) is 0 Å². The molecule has 31 heavy (non-hydrogen) atoms. The zero-order valence-electron chi connectivity index (χ0n) is 18.5. The SMILES string of the molecule is CC(C)n1ccc2c(C[C@@H]3C4CCC(CC4)[C@H]3C)nc(-c3c[nH]c4ncncc34)nc21. The average molecular weight is 415 g/mol. The average Bonchev–Trinajstić information content (AvgIpc) is 3.41. The summed E-state index contributed by atoms with van der Waals surface area (Å²) < 4.78 is 2.27. The quantitative estimate of drug-likeness (QED) is 0.474. The van der Waals surface area contributed by atoms with Gasteiger partial charge in [0, 0.05) is 41.0 Å². The summed E-state index contributed by atoms with van der Waals surface area (Å²) in [6.07, 6.45) is 14.3. The van der Waals surface area contributed by atoms with Crippen molar-refractivity contribution in [1.82, 2.24) is 29.5 Å². The minimum Gasteiger partial charge on any atom is -0.345 e. The van der Waals surface area contributed by atoms with Gasteiger partial charge < -0.3 is 9.55 Å². The molecule has 0 aliphatic heterocycles. The Bertz CT molecular complexity index is 1240. The largest absolute Gasteiger partial charge is 0.345 e. The Morgan fingerprint density at radius 2 is 1.90 bits per heavy atom. The summed E-state index contributed by atoms with van der Waals surface area (Å²) >= 11 is 0. The molecular formula is C25H30N6. The highest BCUT2D eigenvalue weighted by Crippen LogP contribution is 2.50. The predicted molar refractivity (Wildman–Crippen MR) is 123 cm³/mol. The normalized spacial score (nSPS) is 25.8. The summed E-state index contributed by atoms with van der Waals surface area (Å²) in [7, 11) is 0. The van der Waals surface area contributed by atoms with Crippen LogP contribution in [0, 0.1) is 23.7 Å². The van der Waals surface area contributed by atoms with Crippen LogP contribution in [0.15, 0.2) is 31.0 Å². The van der Waals surface area contributed by atoms with Crippen LogP contribution < -0.4 is 0 Å². The van der Waals surface area contributed by atoms with E-state index in [0.717, 1.165) is 58.2 Å². The molecule has 6 heteroatoms. The highest BCUT2D eigenvalue weighted by molar-refractivity contribution is 5.92. The van der Waals surface area contributed by atoms with Gasteiger partial charge in [0.15, 0.2) is 5.82 Å². The summed E-state index contributed by atoms with van der Waals surface area (Å²) in [5.41, 5.74) is 4.05. The zero-order chi connectivity index (χ0) is 21.1. The minimum atomic E-state index is 0.351. The van der Waals surface area contributed by atoms with E-state index < -0.39 is 0 Å². The van der Waals surface area contributed by atoms with E-state index in [2.05, 4.69) is 52.6 Å². The zero-order valence-corrected chi connectivity index (χ0v) is 18.5. The van der Waals surface area contributed by atoms with Gasteiger partial charge >= 0.3 is 0 Å². The molecule has 3 aliphatic carbocycles. The number of nitrogens with zero attached hydrogens (tertiary/aromatic N) is 5. The van der Waals surface area contributed by atoms with E-state index in [1.165, 1.54) is 36.8 Å². The Morgan fingerprint density at radius 3 is 2.68 bits per heavy atom. The van der Waals surface area contributed by atoms with E-state index in [-0.39, 0.29) is 0 Å². The van der Waals surface area contributed by atoms with Crippen LogP contribution in [0.5, 0.6) is 0 Å². The number of aromatic amines is 1. The van der Waals surface area contributed by atoms with E-state index in [1.54, 1.807) is 6.33 Å². The number of rotatable bonds is 4. The summed E-state index contributed by atoms with van der Waals surface area (Å²) in [4.78, 5) is 22.1. The molecule has 0 saturated heterocycles. The van der Waals surface area contributed by atoms with Crippen molar-refractivity contribution in [2.45, 2.75) is 58.9 Å². The second kappa shape index (κ2) is 7.14. The number of hydrogen-bond donors (Lipinski definition) is 1. The molecule has 7 rings (SSSR count). The highest BCUT2D eigenvalue weighted by atomic mass is 15.1. The maximum atomic E-state index is 5.18. The molecule has 4 aromatic rings. The Labute approximate surface area is 182 Å². The first-order valence-electron chi connectivity index (χ1n) is 11.7. The molecule has 0 spiro atoms. The second-order valence-corrected chi connectivity index (χ2v) is 9.94. The van der Waals surface area contributed by atoms with Crippen LogP contribution in [-0.2, 0) is 6.42 Å². The molecule has 0 unspecified atom stereocenters. The van der Waals surface area contributed by atoms with Crippen LogP contribution in [0.1, 0.15) is 58.2 Å². The van der Waals surface area contributed by atoms with E-state index >= 15 is 0 Å². The van der Waals surface area contributed by atoms with Crippen LogP contribution >= 0.6 is 0 Å². The predicted octanol–water partition coefficient (Wildman–Crippen LogP) is 5.57. The van der Waals surface area contributed by atoms with Crippen molar-refractivity contribution in [2.75, 3.05) is 0 Å². The number of fused-ring (bicyclic) bond motifs is 5. The van der Waals surface area contributed by atoms with Crippen LogP contribution in [0.4, 0.5) is 0 Å². The monoisotopic (exact) mass is 414 g/mol. The second-order valence-electron chi connectivity index (χ2n) is 9.94. The Hall–Kier alpha value is -2.76. The third-order valence-electron chi connectivity index (χ3n) is 8.07. The van der Waals surface area contributed by atoms with Gasteiger partial charge in [0.05, 0.1) is 5.69 Å². The molecule has 4 heterocycles. The van der Waals surface area contributed by atoms with Crippen LogP contribution in [0.25, 0.3) is 33.5 Å². The molecule has 3 saturated carbocycles. The number of hydrogen-bond acceptors (Lipinski definition) is 4. The summed E-state index contributed by atoms with van der Waals surface area (Å²) in [6.45, 7) is 6.90. The number of nitrogens with one attached hydrogen (secondary N) is 1. The van der Waals surface area contributed by atoms with E-state index in [1.807, 2.05) is 12.4 Å². The third-order valence-corrected chi connectivity index (χ3v) is 8.07. The van der Waals surface area contributed by atoms with E-state index in [0.29, 0.717) is 6.04 Å². The Balaban J connectivity index is 1.50. The highest BCUT2D eigenvalue weighted by Gasteiger charge is 2.41. The van der Waals surface area contributed by atoms with Crippen LogP contribution in [0.3, 0.4) is 0 Å². The molecule has 0 amide bonds.